The van der Waals surface area contributed by atoms with Crippen LogP contribution in [0.5, 0.6) is 0 Å². The van der Waals surface area contributed by atoms with Crippen molar-refractivity contribution in [1.29, 1.82) is 0 Å². The zero-order valence-electron chi connectivity index (χ0n) is 13.3. The third kappa shape index (κ3) is 2.95. The highest BCUT2D eigenvalue weighted by molar-refractivity contribution is 5.61. The first-order chi connectivity index (χ1) is 10.6. The molecule has 5 nitrogen and oxygen atoms in total. The van der Waals surface area contributed by atoms with Gasteiger partial charge in [-0.1, -0.05) is 12.1 Å². The van der Waals surface area contributed by atoms with E-state index in [1.54, 1.807) is 12.1 Å². The van der Waals surface area contributed by atoms with Gasteiger partial charge in [0, 0.05) is 18.5 Å². The van der Waals surface area contributed by atoms with Crippen LogP contribution in [0.2, 0.25) is 0 Å². The molecule has 120 valence electrons. The second kappa shape index (κ2) is 6.24. The van der Waals surface area contributed by atoms with Gasteiger partial charge < -0.3 is 9.80 Å². The molecule has 3 atom stereocenters. The van der Waals surface area contributed by atoms with Crippen LogP contribution in [-0.2, 0) is 0 Å². The molecule has 2 aliphatic heterocycles. The predicted octanol–water partition coefficient (Wildman–Crippen LogP) is 3.42. The van der Waals surface area contributed by atoms with E-state index in [4.69, 9.17) is 0 Å². The maximum atomic E-state index is 11.1. The quantitative estimate of drug-likeness (QED) is 0.527. The summed E-state index contributed by atoms with van der Waals surface area (Å²) in [6.45, 7) is 3.45. The third-order valence-corrected chi connectivity index (χ3v) is 5.66. The summed E-state index contributed by atoms with van der Waals surface area (Å²) >= 11 is 0. The Hall–Kier alpha value is -1.62. The number of rotatable bonds is 4. The molecule has 0 saturated carbocycles. The van der Waals surface area contributed by atoms with Crippen molar-refractivity contribution in [2.75, 3.05) is 32.0 Å². The monoisotopic (exact) mass is 304 g/mol. The molecular formula is C17H26N3O2+. The molecule has 0 amide bonds. The average molecular weight is 304 g/mol. The van der Waals surface area contributed by atoms with Crippen LogP contribution in [0.1, 0.15) is 32.1 Å². The summed E-state index contributed by atoms with van der Waals surface area (Å²) in [7, 11) is 2.40. The second-order valence-electron chi connectivity index (χ2n) is 7.05. The minimum absolute atomic E-state index is 0.180. The number of nitrogens with one attached hydrogen (secondary N) is 1. The summed E-state index contributed by atoms with van der Waals surface area (Å²) in [6, 6.07) is 7.69. The van der Waals surface area contributed by atoms with Crippen molar-refractivity contribution in [2.45, 2.75) is 38.1 Å². The van der Waals surface area contributed by atoms with E-state index in [9.17, 15) is 10.1 Å². The van der Waals surface area contributed by atoms with Crippen molar-refractivity contribution >= 4 is 11.4 Å². The molecule has 5 heteroatoms. The number of nitro benzene ring substituents is 1. The van der Waals surface area contributed by atoms with E-state index in [1.807, 2.05) is 12.1 Å². The van der Waals surface area contributed by atoms with Crippen LogP contribution in [0.25, 0.3) is 0 Å². The van der Waals surface area contributed by atoms with Gasteiger partial charge in [0.25, 0.3) is 5.69 Å². The number of para-hydroxylation sites is 2. The summed E-state index contributed by atoms with van der Waals surface area (Å²) in [5, 5.41) is 14.5. The topological polar surface area (TPSA) is 55.2 Å². The highest BCUT2D eigenvalue weighted by atomic mass is 16.6. The number of benzene rings is 1. The second-order valence-corrected chi connectivity index (χ2v) is 7.05. The lowest BCUT2D eigenvalue weighted by Crippen LogP contribution is -2.61. The van der Waals surface area contributed by atoms with Crippen molar-refractivity contribution in [2.24, 2.45) is 5.92 Å². The number of fused-ring (bicyclic) bond motifs is 1. The normalized spacial score (nSPS) is 31.3. The molecule has 0 aliphatic carbocycles. The van der Waals surface area contributed by atoms with Crippen LogP contribution >= 0.6 is 0 Å². The first kappa shape index (κ1) is 15.3. The molecule has 1 aromatic carbocycles. The molecule has 0 spiro atoms. The van der Waals surface area contributed by atoms with Crippen molar-refractivity contribution in [1.82, 2.24) is 0 Å². The lowest BCUT2D eigenvalue weighted by Gasteiger charge is -2.51. The van der Waals surface area contributed by atoms with Crippen LogP contribution < -0.4 is 5.32 Å². The van der Waals surface area contributed by atoms with Gasteiger partial charge in [-0.25, -0.2) is 0 Å². The fourth-order valence-electron chi connectivity index (χ4n) is 4.49. The van der Waals surface area contributed by atoms with E-state index in [-0.39, 0.29) is 10.6 Å². The molecule has 1 aromatic rings. The number of nitrogens with zero attached hydrogens (tertiary/aromatic N) is 2. The van der Waals surface area contributed by atoms with Gasteiger partial charge in [-0.3, -0.25) is 10.1 Å². The van der Waals surface area contributed by atoms with Gasteiger partial charge in [-0.2, -0.15) is 0 Å². The van der Waals surface area contributed by atoms with E-state index >= 15 is 0 Å². The zero-order valence-corrected chi connectivity index (χ0v) is 13.3. The molecule has 2 saturated heterocycles. The largest absolute Gasteiger partial charge is 0.379 e. The number of nitro groups is 1. The van der Waals surface area contributed by atoms with Crippen LogP contribution in [0.4, 0.5) is 11.4 Å². The molecule has 2 heterocycles. The zero-order chi connectivity index (χ0) is 15.6. The fraction of sp³-hybridized carbons (Fsp3) is 0.647. The lowest BCUT2D eigenvalue weighted by atomic mass is 9.81. The molecule has 0 bridgehead atoms. The summed E-state index contributed by atoms with van der Waals surface area (Å²) in [5.74, 6) is 0.624. The Balaban J connectivity index is 1.69. The standard InChI is InChI=1S/C17H26N3O2/c1-20-11-5-4-10-17(20)14(7-6-12-20)13-18-15-8-2-3-9-16(15)19(21)22/h2-3,8-9,14,17-18H,4-7,10-13H2,1H3/q+1/t14-,17-,20+/m0/s1. The minimum Gasteiger partial charge on any atom is -0.379 e. The molecule has 1 N–H and O–H groups in total. The Bertz CT molecular complexity index is 544. The summed E-state index contributed by atoms with van der Waals surface area (Å²) in [4.78, 5) is 10.8. The smallest absolute Gasteiger partial charge is 0.292 e. The van der Waals surface area contributed by atoms with Gasteiger partial charge in [-0.05, 0) is 38.2 Å². The van der Waals surface area contributed by atoms with E-state index in [1.165, 1.54) is 49.7 Å². The van der Waals surface area contributed by atoms with Gasteiger partial charge in [0.15, 0.2) is 0 Å². The number of hydrogen-bond donors (Lipinski definition) is 1. The molecule has 22 heavy (non-hydrogen) atoms. The Morgan fingerprint density at radius 1 is 1.23 bits per heavy atom. The Labute approximate surface area is 132 Å². The highest BCUT2D eigenvalue weighted by Gasteiger charge is 2.43. The lowest BCUT2D eigenvalue weighted by molar-refractivity contribution is -0.946. The summed E-state index contributed by atoms with van der Waals surface area (Å²) in [5.41, 5.74) is 0.835. The first-order valence-electron chi connectivity index (χ1n) is 8.42. The number of anilines is 1. The highest BCUT2D eigenvalue weighted by Crippen LogP contribution is 2.36. The van der Waals surface area contributed by atoms with E-state index in [0.717, 1.165) is 12.6 Å². The van der Waals surface area contributed by atoms with Crippen molar-refractivity contribution < 1.29 is 9.41 Å². The Morgan fingerprint density at radius 3 is 2.82 bits per heavy atom. The van der Waals surface area contributed by atoms with E-state index in [0.29, 0.717) is 11.6 Å². The third-order valence-electron chi connectivity index (χ3n) is 5.66. The Morgan fingerprint density at radius 2 is 2.00 bits per heavy atom. The van der Waals surface area contributed by atoms with Crippen LogP contribution in [-0.4, -0.2) is 42.1 Å². The fourth-order valence-corrected chi connectivity index (χ4v) is 4.49. The van der Waals surface area contributed by atoms with Crippen molar-refractivity contribution in [3.63, 3.8) is 0 Å². The molecular weight excluding hydrogens is 278 g/mol. The Kier molecular flexibility index (Phi) is 4.34. The maximum absolute atomic E-state index is 11.1. The van der Waals surface area contributed by atoms with Gasteiger partial charge in [0.2, 0.25) is 0 Å². The molecule has 3 rings (SSSR count). The summed E-state index contributed by atoms with van der Waals surface area (Å²) < 4.78 is 1.21. The van der Waals surface area contributed by atoms with Crippen LogP contribution in [0.3, 0.4) is 0 Å². The minimum atomic E-state index is -0.302. The number of hydrogen-bond acceptors (Lipinski definition) is 3. The SMILES string of the molecule is C[N@+]12CCCC[C@H]1[C@H](CNc1ccccc1[N+](=O)[O-])CCC2. The van der Waals surface area contributed by atoms with Gasteiger partial charge in [0.05, 0.1) is 31.1 Å². The average Bonchev–Trinajstić information content (AvgIpc) is 2.52. The number of piperidine rings is 2. The summed E-state index contributed by atoms with van der Waals surface area (Å²) in [6.07, 6.45) is 6.50. The van der Waals surface area contributed by atoms with E-state index in [2.05, 4.69) is 12.4 Å². The first-order valence-corrected chi connectivity index (χ1v) is 8.42. The maximum Gasteiger partial charge on any atom is 0.292 e. The predicted molar refractivity (Wildman–Crippen MR) is 87.9 cm³/mol. The van der Waals surface area contributed by atoms with Crippen molar-refractivity contribution in [3.8, 4) is 0 Å². The van der Waals surface area contributed by atoms with Gasteiger partial charge in [-0.15, -0.1) is 0 Å². The van der Waals surface area contributed by atoms with Gasteiger partial charge >= 0.3 is 0 Å². The molecule has 2 aliphatic rings. The molecule has 0 aromatic heterocycles. The van der Waals surface area contributed by atoms with E-state index < -0.39 is 0 Å². The molecule has 0 unspecified atom stereocenters. The van der Waals surface area contributed by atoms with Crippen molar-refractivity contribution in [3.05, 3.63) is 34.4 Å². The van der Waals surface area contributed by atoms with Gasteiger partial charge in [0.1, 0.15) is 5.69 Å². The molecule has 2 fully saturated rings. The van der Waals surface area contributed by atoms with Crippen LogP contribution in [0.15, 0.2) is 24.3 Å². The molecule has 0 radical (unpaired) electrons. The number of quaternary nitrogens is 1. The van der Waals surface area contributed by atoms with Crippen LogP contribution in [0, 0.1) is 16.0 Å².